The van der Waals surface area contributed by atoms with Gasteiger partial charge in [-0.1, -0.05) is 6.92 Å². The molecule has 3 N–H and O–H groups in total. The van der Waals surface area contributed by atoms with Crippen molar-refractivity contribution in [1.29, 1.82) is 0 Å². The van der Waals surface area contributed by atoms with Crippen LogP contribution in [-0.2, 0) is 0 Å². The number of nitrogens with one attached hydrogen (secondary N) is 1. The fourth-order valence-electron chi connectivity index (χ4n) is 1.27. The van der Waals surface area contributed by atoms with Gasteiger partial charge in [-0.25, -0.2) is 4.79 Å². The molecule has 0 spiro atoms. The lowest BCUT2D eigenvalue weighted by molar-refractivity contribution is 0.555. The molecule has 0 saturated carbocycles. The van der Waals surface area contributed by atoms with E-state index in [9.17, 15) is 4.79 Å². The molecule has 0 saturated heterocycles. The number of hydrogen-bond donors (Lipinski definition) is 2. The van der Waals surface area contributed by atoms with Crippen LogP contribution in [-0.4, -0.2) is 10.7 Å². The summed E-state index contributed by atoms with van der Waals surface area (Å²) in [7, 11) is 0. The summed E-state index contributed by atoms with van der Waals surface area (Å²) in [5.74, 6) is 0.496. The molecule has 1 aromatic carbocycles. The molecule has 0 bridgehead atoms. The third kappa shape index (κ3) is 1.50. The minimum Gasteiger partial charge on any atom is -0.408 e. The Kier molecular flexibility index (Phi) is 2.25. The van der Waals surface area contributed by atoms with Crippen LogP contribution in [0, 0.1) is 0 Å². The second-order valence-corrected chi connectivity index (χ2v) is 4.14. The second kappa shape index (κ2) is 3.42. The molecular weight excluding hydrogens is 200 g/mol. The van der Waals surface area contributed by atoms with Crippen molar-refractivity contribution in [3.63, 3.8) is 0 Å². The van der Waals surface area contributed by atoms with Crippen LogP contribution in [0.4, 0.5) is 5.69 Å². The predicted octanol–water partition coefficient (Wildman–Crippen LogP) is 1.82. The number of nitrogens with two attached hydrogens (primary N) is 1. The van der Waals surface area contributed by atoms with E-state index >= 15 is 0 Å². The molecular formula is C9H10N2O2S. The molecule has 2 aromatic rings. The molecule has 4 nitrogen and oxygen atoms in total. The number of rotatable bonds is 2. The standard InChI is InChI=1S/C9H10N2O2S/c1-2-14-8-4-6-7(3-5(8)10)13-9(12)11-6/h3-4H,2,10H2,1H3,(H,11,12). The Hall–Kier alpha value is -1.36. The van der Waals surface area contributed by atoms with Crippen molar-refractivity contribution in [2.75, 3.05) is 11.5 Å². The van der Waals surface area contributed by atoms with E-state index in [1.54, 1.807) is 17.8 Å². The number of benzene rings is 1. The van der Waals surface area contributed by atoms with E-state index < -0.39 is 5.76 Å². The van der Waals surface area contributed by atoms with Gasteiger partial charge in [0.15, 0.2) is 5.58 Å². The fourth-order valence-corrected chi connectivity index (χ4v) is 2.01. The molecule has 1 aromatic heterocycles. The van der Waals surface area contributed by atoms with Crippen molar-refractivity contribution in [1.82, 2.24) is 4.98 Å². The van der Waals surface area contributed by atoms with Gasteiger partial charge in [0.2, 0.25) is 0 Å². The molecule has 0 atom stereocenters. The fraction of sp³-hybridized carbons (Fsp3) is 0.222. The number of thioether (sulfide) groups is 1. The van der Waals surface area contributed by atoms with E-state index in [4.69, 9.17) is 10.2 Å². The number of anilines is 1. The van der Waals surface area contributed by atoms with E-state index in [1.165, 1.54) is 0 Å². The monoisotopic (exact) mass is 210 g/mol. The van der Waals surface area contributed by atoms with Crippen molar-refractivity contribution in [2.45, 2.75) is 11.8 Å². The van der Waals surface area contributed by atoms with Gasteiger partial charge in [-0.3, -0.25) is 4.98 Å². The van der Waals surface area contributed by atoms with Gasteiger partial charge < -0.3 is 10.2 Å². The van der Waals surface area contributed by atoms with Crippen molar-refractivity contribution >= 4 is 28.5 Å². The third-order valence-electron chi connectivity index (χ3n) is 1.85. The average Bonchev–Trinajstić information content (AvgIpc) is 2.45. The lowest BCUT2D eigenvalue weighted by Gasteiger charge is -2.02. The Morgan fingerprint density at radius 1 is 1.57 bits per heavy atom. The summed E-state index contributed by atoms with van der Waals surface area (Å²) < 4.78 is 4.88. The summed E-state index contributed by atoms with van der Waals surface area (Å²) in [6, 6.07) is 3.51. The topological polar surface area (TPSA) is 72.0 Å². The van der Waals surface area contributed by atoms with Crippen molar-refractivity contribution in [3.8, 4) is 0 Å². The van der Waals surface area contributed by atoms with Crippen LogP contribution in [0.5, 0.6) is 0 Å². The van der Waals surface area contributed by atoms with Gasteiger partial charge in [-0.15, -0.1) is 11.8 Å². The Labute approximate surface area is 84.5 Å². The van der Waals surface area contributed by atoms with Crippen molar-refractivity contribution < 1.29 is 4.42 Å². The Morgan fingerprint density at radius 3 is 3.07 bits per heavy atom. The molecule has 0 aliphatic carbocycles. The van der Waals surface area contributed by atoms with E-state index in [0.29, 0.717) is 16.8 Å². The Balaban J connectivity index is 2.63. The van der Waals surface area contributed by atoms with Crippen molar-refractivity contribution in [3.05, 3.63) is 22.7 Å². The van der Waals surface area contributed by atoms with Crippen LogP contribution in [0.25, 0.3) is 11.1 Å². The van der Waals surface area contributed by atoms with Crippen LogP contribution >= 0.6 is 11.8 Å². The summed E-state index contributed by atoms with van der Waals surface area (Å²) in [5, 5.41) is 0. The number of aromatic nitrogens is 1. The molecule has 0 fully saturated rings. The number of fused-ring (bicyclic) bond motifs is 1. The lowest BCUT2D eigenvalue weighted by atomic mass is 10.3. The molecule has 5 heteroatoms. The molecule has 2 rings (SSSR count). The van der Waals surface area contributed by atoms with Gasteiger partial charge in [0.1, 0.15) is 0 Å². The SMILES string of the molecule is CCSc1cc2[nH]c(=O)oc2cc1N. The van der Waals surface area contributed by atoms with Crippen LogP contribution in [0.2, 0.25) is 0 Å². The van der Waals surface area contributed by atoms with Crippen LogP contribution in [0.15, 0.2) is 26.2 Å². The van der Waals surface area contributed by atoms with Crippen molar-refractivity contribution in [2.24, 2.45) is 0 Å². The molecule has 14 heavy (non-hydrogen) atoms. The maximum Gasteiger partial charge on any atom is 0.417 e. The largest absolute Gasteiger partial charge is 0.417 e. The van der Waals surface area contributed by atoms with E-state index in [-0.39, 0.29) is 0 Å². The van der Waals surface area contributed by atoms with Crippen LogP contribution < -0.4 is 11.5 Å². The molecule has 0 amide bonds. The first-order chi connectivity index (χ1) is 6.70. The summed E-state index contributed by atoms with van der Waals surface area (Å²) in [4.78, 5) is 14.5. The molecule has 0 unspecified atom stereocenters. The van der Waals surface area contributed by atoms with Gasteiger partial charge in [0, 0.05) is 16.6 Å². The number of hydrogen-bond acceptors (Lipinski definition) is 4. The summed E-state index contributed by atoms with van der Waals surface area (Å²) >= 11 is 1.64. The predicted molar refractivity (Wildman–Crippen MR) is 57.6 cm³/mol. The highest BCUT2D eigenvalue weighted by atomic mass is 32.2. The molecule has 0 aliphatic rings. The lowest BCUT2D eigenvalue weighted by Crippen LogP contribution is -1.93. The minimum atomic E-state index is -0.446. The number of aromatic amines is 1. The molecule has 0 radical (unpaired) electrons. The van der Waals surface area contributed by atoms with E-state index in [1.807, 2.05) is 13.0 Å². The minimum absolute atomic E-state index is 0.446. The zero-order valence-corrected chi connectivity index (χ0v) is 8.48. The summed E-state index contributed by atoms with van der Waals surface area (Å²) in [6.45, 7) is 2.05. The third-order valence-corrected chi connectivity index (χ3v) is 2.80. The Bertz CT molecular complexity index is 515. The van der Waals surface area contributed by atoms with Crippen LogP contribution in [0.1, 0.15) is 6.92 Å². The van der Waals surface area contributed by atoms with Gasteiger partial charge >= 0.3 is 5.76 Å². The van der Waals surface area contributed by atoms with Gasteiger partial charge in [0.25, 0.3) is 0 Å². The molecule has 74 valence electrons. The first-order valence-electron chi connectivity index (χ1n) is 4.26. The van der Waals surface area contributed by atoms with E-state index in [2.05, 4.69) is 4.98 Å². The first kappa shape index (κ1) is 9.21. The zero-order chi connectivity index (χ0) is 10.1. The maximum absolute atomic E-state index is 10.9. The smallest absolute Gasteiger partial charge is 0.408 e. The summed E-state index contributed by atoms with van der Waals surface area (Å²) in [6.07, 6.45) is 0. The highest BCUT2D eigenvalue weighted by molar-refractivity contribution is 7.99. The van der Waals surface area contributed by atoms with Gasteiger partial charge in [-0.05, 0) is 11.8 Å². The molecule has 1 heterocycles. The van der Waals surface area contributed by atoms with Crippen LogP contribution in [0.3, 0.4) is 0 Å². The normalized spacial score (nSPS) is 10.9. The summed E-state index contributed by atoms with van der Waals surface area (Å²) in [5.41, 5.74) is 7.63. The number of H-pyrrole nitrogens is 1. The zero-order valence-electron chi connectivity index (χ0n) is 7.66. The highest BCUT2D eigenvalue weighted by Crippen LogP contribution is 2.28. The molecule has 0 aliphatic heterocycles. The Morgan fingerprint density at radius 2 is 2.36 bits per heavy atom. The van der Waals surface area contributed by atoms with Gasteiger partial charge in [0.05, 0.1) is 5.52 Å². The average molecular weight is 210 g/mol. The number of oxazole rings is 1. The number of nitrogen functional groups attached to an aromatic ring is 1. The quantitative estimate of drug-likeness (QED) is 0.585. The van der Waals surface area contributed by atoms with Gasteiger partial charge in [-0.2, -0.15) is 0 Å². The highest BCUT2D eigenvalue weighted by Gasteiger charge is 2.06. The maximum atomic E-state index is 10.9. The van der Waals surface area contributed by atoms with E-state index in [0.717, 1.165) is 10.6 Å². The first-order valence-corrected chi connectivity index (χ1v) is 5.24. The second-order valence-electron chi connectivity index (χ2n) is 2.83.